The third-order valence-corrected chi connectivity index (χ3v) is 5.83. The van der Waals surface area contributed by atoms with Gasteiger partial charge in [0.2, 0.25) is 11.8 Å². The van der Waals surface area contributed by atoms with Crippen LogP contribution in [0.5, 0.6) is 0 Å². The van der Waals surface area contributed by atoms with Gasteiger partial charge in [-0.05, 0) is 62.4 Å². The molecule has 164 valence electrons. The molecule has 0 aliphatic rings. The van der Waals surface area contributed by atoms with Crippen molar-refractivity contribution in [3.63, 3.8) is 0 Å². The van der Waals surface area contributed by atoms with E-state index in [9.17, 15) is 4.79 Å². The molecule has 3 aromatic carbocycles. The lowest BCUT2D eigenvalue weighted by Gasteiger charge is -2.23. The minimum absolute atomic E-state index is 0.0968. The molecule has 0 fully saturated rings. The smallest absolute Gasteiger partial charge is 0.254 e. The van der Waals surface area contributed by atoms with Crippen LogP contribution < -0.4 is 0 Å². The summed E-state index contributed by atoms with van der Waals surface area (Å²) < 4.78 is 11.8. The van der Waals surface area contributed by atoms with Crippen molar-refractivity contribution in [1.29, 1.82) is 0 Å². The van der Waals surface area contributed by atoms with E-state index < -0.39 is 0 Å². The number of carbonyl (C=O) groups is 1. The van der Waals surface area contributed by atoms with Crippen LogP contribution in [0.15, 0.2) is 87.7 Å². The van der Waals surface area contributed by atoms with Crippen molar-refractivity contribution in [2.45, 2.75) is 19.9 Å². The van der Waals surface area contributed by atoms with Crippen molar-refractivity contribution in [3.05, 3.63) is 95.7 Å². The molecule has 0 spiro atoms. The Bertz CT molecular complexity index is 1400. The summed E-state index contributed by atoms with van der Waals surface area (Å²) in [6.07, 6.45) is 0. The van der Waals surface area contributed by atoms with Gasteiger partial charge in [-0.1, -0.05) is 35.9 Å². The molecular weight excluding hydrogens is 414 g/mol. The number of para-hydroxylation sites is 1. The summed E-state index contributed by atoms with van der Waals surface area (Å²) in [5, 5.41) is 9.35. The van der Waals surface area contributed by atoms with Gasteiger partial charge in [0.15, 0.2) is 0 Å². The van der Waals surface area contributed by atoms with Gasteiger partial charge < -0.3 is 13.7 Å². The number of fused-ring (bicyclic) bond motifs is 1. The van der Waals surface area contributed by atoms with Crippen LogP contribution in [0.2, 0.25) is 0 Å². The van der Waals surface area contributed by atoms with Crippen molar-refractivity contribution in [3.8, 4) is 22.9 Å². The molecule has 0 aliphatic heterocycles. The summed E-state index contributed by atoms with van der Waals surface area (Å²) in [6, 6.07) is 24.7. The number of aromatic nitrogens is 2. The van der Waals surface area contributed by atoms with Crippen LogP contribution in [0.3, 0.4) is 0 Å². The summed E-state index contributed by atoms with van der Waals surface area (Å²) in [6.45, 7) is 3.97. The standard InChI is InChI=1S/C27H23N3O3/c1-17-7-6-9-22(15-17)26-29-28-25(33-26)19-11-13-20(14-12-19)27(31)30(3)18(2)24-16-21-8-4-5-10-23(21)32-24/h4-16,18H,1-3H3/t18-/m0/s1. The largest absolute Gasteiger partial charge is 0.459 e. The molecule has 33 heavy (non-hydrogen) atoms. The van der Waals surface area contributed by atoms with Crippen molar-refractivity contribution in [1.82, 2.24) is 15.1 Å². The lowest BCUT2D eigenvalue weighted by molar-refractivity contribution is 0.0727. The Morgan fingerprint density at radius 1 is 0.848 bits per heavy atom. The third kappa shape index (κ3) is 4.03. The van der Waals surface area contributed by atoms with Crippen LogP contribution >= 0.6 is 0 Å². The summed E-state index contributed by atoms with van der Waals surface area (Å²) in [7, 11) is 1.78. The van der Waals surface area contributed by atoms with Crippen molar-refractivity contribution in [2.75, 3.05) is 7.05 Å². The van der Waals surface area contributed by atoms with Gasteiger partial charge in [-0.3, -0.25) is 4.79 Å². The van der Waals surface area contributed by atoms with Crippen molar-refractivity contribution < 1.29 is 13.6 Å². The van der Waals surface area contributed by atoms with Gasteiger partial charge in [0.1, 0.15) is 11.3 Å². The Kier molecular flexibility index (Phi) is 5.26. The molecule has 2 aromatic heterocycles. The number of amides is 1. The zero-order chi connectivity index (χ0) is 22.9. The lowest BCUT2D eigenvalue weighted by atomic mass is 10.1. The molecule has 5 rings (SSSR count). The average molecular weight is 437 g/mol. The van der Waals surface area contributed by atoms with E-state index in [1.165, 1.54) is 0 Å². The van der Waals surface area contributed by atoms with Gasteiger partial charge in [0.25, 0.3) is 5.91 Å². The fourth-order valence-corrected chi connectivity index (χ4v) is 3.77. The zero-order valence-electron chi connectivity index (χ0n) is 18.6. The maximum absolute atomic E-state index is 13.1. The van der Waals surface area contributed by atoms with Crippen LogP contribution in [-0.4, -0.2) is 28.1 Å². The predicted octanol–water partition coefficient (Wildman–Crippen LogP) is 6.29. The molecule has 0 N–H and O–H groups in total. The quantitative estimate of drug-likeness (QED) is 0.323. The van der Waals surface area contributed by atoms with Crippen molar-refractivity contribution >= 4 is 16.9 Å². The van der Waals surface area contributed by atoms with Gasteiger partial charge in [-0.2, -0.15) is 0 Å². The fourth-order valence-electron chi connectivity index (χ4n) is 3.77. The lowest BCUT2D eigenvalue weighted by Crippen LogP contribution is -2.29. The highest BCUT2D eigenvalue weighted by atomic mass is 16.4. The first-order valence-electron chi connectivity index (χ1n) is 10.8. The molecule has 1 atom stereocenters. The van der Waals surface area contributed by atoms with Gasteiger partial charge in [-0.15, -0.1) is 10.2 Å². The number of aryl methyl sites for hydroxylation is 1. The van der Waals surface area contributed by atoms with E-state index in [0.717, 1.165) is 33.4 Å². The van der Waals surface area contributed by atoms with Crippen LogP contribution in [0.4, 0.5) is 0 Å². The Morgan fingerprint density at radius 2 is 1.58 bits per heavy atom. The first kappa shape index (κ1) is 20.7. The first-order chi connectivity index (χ1) is 16.0. The number of benzene rings is 3. The number of hydrogen-bond acceptors (Lipinski definition) is 5. The molecule has 1 amide bonds. The number of nitrogens with zero attached hydrogens (tertiary/aromatic N) is 3. The van der Waals surface area contributed by atoms with E-state index in [2.05, 4.69) is 10.2 Å². The molecule has 2 heterocycles. The second kappa shape index (κ2) is 8.39. The SMILES string of the molecule is Cc1cccc(-c2nnc(-c3ccc(C(=O)N(C)[C@@H](C)c4cc5ccccc5o4)cc3)o2)c1. The van der Waals surface area contributed by atoms with E-state index in [1.807, 2.05) is 80.6 Å². The number of hydrogen-bond donors (Lipinski definition) is 0. The normalized spacial score (nSPS) is 12.1. The highest BCUT2D eigenvalue weighted by Crippen LogP contribution is 2.28. The van der Waals surface area contributed by atoms with Gasteiger partial charge in [0.05, 0.1) is 6.04 Å². The van der Waals surface area contributed by atoms with E-state index in [4.69, 9.17) is 8.83 Å². The van der Waals surface area contributed by atoms with E-state index >= 15 is 0 Å². The van der Waals surface area contributed by atoms with Gasteiger partial charge >= 0.3 is 0 Å². The maximum atomic E-state index is 13.1. The molecule has 0 radical (unpaired) electrons. The second-order valence-corrected chi connectivity index (χ2v) is 8.14. The van der Waals surface area contributed by atoms with Gasteiger partial charge in [0, 0.05) is 29.1 Å². The molecule has 5 aromatic rings. The molecular formula is C27H23N3O3. The summed E-state index contributed by atoms with van der Waals surface area (Å²) >= 11 is 0. The van der Waals surface area contributed by atoms with E-state index in [1.54, 1.807) is 24.1 Å². The molecule has 0 saturated heterocycles. The molecule has 0 aliphatic carbocycles. The Labute approximate surface area is 191 Å². The van der Waals surface area contributed by atoms with E-state index in [0.29, 0.717) is 17.3 Å². The topological polar surface area (TPSA) is 72.4 Å². The minimum Gasteiger partial charge on any atom is -0.459 e. The van der Waals surface area contributed by atoms with Crippen LogP contribution in [0.25, 0.3) is 33.9 Å². The Morgan fingerprint density at radius 3 is 2.30 bits per heavy atom. The molecule has 0 bridgehead atoms. The predicted molar refractivity (Wildman–Crippen MR) is 127 cm³/mol. The number of furan rings is 1. The maximum Gasteiger partial charge on any atom is 0.254 e. The van der Waals surface area contributed by atoms with E-state index in [-0.39, 0.29) is 11.9 Å². The summed E-state index contributed by atoms with van der Waals surface area (Å²) in [5.41, 5.74) is 4.14. The van der Waals surface area contributed by atoms with Gasteiger partial charge in [-0.25, -0.2) is 0 Å². The molecule has 6 heteroatoms. The zero-order valence-corrected chi connectivity index (χ0v) is 18.6. The molecule has 0 unspecified atom stereocenters. The molecule has 6 nitrogen and oxygen atoms in total. The highest BCUT2D eigenvalue weighted by Gasteiger charge is 2.22. The van der Waals surface area contributed by atoms with Crippen molar-refractivity contribution in [2.24, 2.45) is 0 Å². The monoisotopic (exact) mass is 437 g/mol. The second-order valence-electron chi connectivity index (χ2n) is 8.14. The number of rotatable bonds is 5. The summed E-state index contributed by atoms with van der Waals surface area (Å²) in [4.78, 5) is 14.8. The molecule has 0 saturated carbocycles. The number of carbonyl (C=O) groups excluding carboxylic acids is 1. The minimum atomic E-state index is -0.211. The summed E-state index contributed by atoms with van der Waals surface area (Å²) in [5.74, 6) is 1.53. The Balaban J connectivity index is 1.33. The van der Waals surface area contributed by atoms with Crippen LogP contribution in [0, 0.1) is 6.92 Å². The fraction of sp³-hybridized carbons (Fsp3) is 0.148. The van der Waals surface area contributed by atoms with Crippen LogP contribution in [0.1, 0.15) is 34.6 Å². The Hall–Kier alpha value is -4.19. The van der Waals surface area contributed by atoms with Crippen LogP contribution in [-0.2, 0) is 0 Å². The first-order valence-corrected chi connectivity index (χ1v) is 10.8. The average Bonchev–Trinajstić information content (AvgIpc) is 3.50. The third-order valence-electron chi connectivity index (χ3n) is 5.83. The highest BCUT2D eigenvalue weighted by molar-refractivity contribution is 5.94.